The number of benzene rings is 1. The van der Waals surface area contributed by atoms with Crippen molar-refractivity contribution < 1.29 is 8.42 Å². The van der Waals surface area contributed by atoms with E-state index in [0.29, 0.717) is 18.9 Å². The van der Waals surface area contributed by atoms with Crippen molar-refractivity contribution in [1.29, 1.82) is 0 Å². The Morgan fingerprint density at radius 1 is 1.26 bits per heavy atom. The summed E-state index contributed by atoms with van der Waals surface area (Å²) in [6.45, 7) is 4.61. The number of guanidine groups is 1. The third-order valence-electron chi connectivity index (χ3n) is 4.22. The van der Waals surface area contributed by atoms with Crippen LogP contribution in [0.25, 0.3) is 0 Å². The van der Waals surface area contributed by atoms with E-state index in [1.165, 1.54) is 0 Å². The predicted octanol–water partition coefficient (Wildman–Crippen LogP) is 2.04. The molecule has 5 nitrogen and oxygen atoms in total. The number of nitrogens with two attached hydrogens (primary N) is 1. The summed E-state index contributed by atoms with van der Waals surface area (Å²) in [4.78, 5) is 6.43. The van der Waals surface area contributed by atoms with Gasteiger partial charge >= 0.3 is 0 Å². The van der Waals surface area contributed by atoms with Crippen LogP contribution < -0.4 is 5.73 Å². The van der Waals surface area contributed by atoms with E-state index in [1.807, 2.05) is 30.3 Å². The lowest BCUT2D eigenvalue weighted by atomic mass is 10.00. The SMILES string of the molecule is CC1CCN(C(N)=NCCCS(=O)(=O)Cc2ccccc2)CC1. The Morgan fingerprint density at radius 3 is 2.57 bits per heavy atom. The van der Waals surface area contributed by atoms with Crippen LogP contribution in [0.4, 0.5) is 0 Å². The van der Waals surface area contributed by atoms with Gasteiger partial charge in [0.05, 0.1) is 11.5 Å². The van der Waals surface area contributed by atoms with Crippen molar-refractivity contribution in [3.05, 3.63) is 35.9 Å². The normalized spacial score (nSPS) is 17.4. The van der Waals surface area contributed by atoms with Crippen molar-refractivity contribution in [2.24, 2.45) is 16.6 Å². The van der Waals surface area contributed by atoms with Gasteiger partial charge in [0.2, 0.25) is 0 Å². The Bertz CT molecular complexity index is 606. The van der Waals surface area contributed by atoms with E-state index in [-0.39, 0.29) is 11.5 Å². The number of likely N-dealkylation sites (tertiary alicyclic amines) is 1. The summed E-state index contributed by atoms with van der Waals surface area (Å²) in [6, 6.07) is 9.27. The summed E-state index contributed by atoms with van der Waals surface area (Å²) < 4.78 is 24.2. The summed E-state index contributed by atoms with van der Waals surface area (Å²) in [5, 5.41) is 0. The van der Waals surface area contributed by atoms with Crippen LogP contribution in [0.2, 0.25) is 0 Å². The summed E-state index contributed by atoms with van der Waals surface area (Å²) in [7, 11) is -3.09. The minimum atomic E-state index is -3.09. The molecule has 0 aromatic heterocycles. The second kappa shape index (κ2) is 8.34. The summed E-state index contributed by atoms with van der Waals surface area (Å²) in [6.07, 6.45) is 2.80. The van der Waals surface area contributed by atoms with Gasteiger partial charge in [0.1, 0.15) is 0 Å². The standard InChI is InChI=1S/C17H27N3O2S/c1-15-8-11-20(12-9-15)17(18)19-10-5-13-23(21,22)14-16-6-3-2-4-7-16/h2-4,6-7,15H,5,8-14H2,1H3,(H2,18,19). The van der Waals surface area contributed by atoms with Gasteiger partial charge in [0, 0.05) is 19.6 Å². The molecule has 6 heteroatoms. The highest BCUT2D eigenvalue weighted by Crippen LogP contribution is 2.15. The summed E-state index contributed by atoms with van der Waals surface area (Å²) in [5.74, 6) is 1.55. The Balaban J connectivity index is 1.74. The number of hydrogen-bond acceptors (Lipinski definition) is 3. The summed E-state index contributed by atoms with van der Waals surface area (Å²) >= 11 is 0. The number of piperidine rings is 1. The van der Waals surface area contributed by atoms with Crippen LogP contribution in [0.1, 0.15) is 31.7 Å². The average Bonchev–Trinajstić information content (AvgIpc) is 2.52. The van der Waals surface area contributed by atoms with Gasteiger partial charge in [-0.2, -0.15) is 0 Å². The van der Waals surface area contributed by atoms with Crippen molar-refractivity contribution in [1.82, 2.24) is 4.90 Å². The average molecular weight is 337 g/mol. The fourth-order valence-corrected chi connectivity index (χ4v) is 4.13. The van der Waals surface area contributed by atoms with Crippen molar-refractivity contribution in [2.45, 2.75) is 31.9 Å². The van der Waals surface area contributed by atoms with Gasteiger partial charge in [-0.3, -0.25) is 4.99 Å². The number of rotatable bonds is 6. The number of nitrogens with zero attached hydrogens (tertiary/aromatic N) is 2. The van der Waals surface area contributed by atoms with Crippen LogP contribution in [0, 0.1) is 5.92 Å². The number of sulfone groups is 1. The second-order valence-electron chi connectivity index (χ2n) is 6.34. The molecule has 2 rings (SSSR count). The molecule has 0 aliphatic carbocycles. The van der Waals surface area contributed by atoms with Crippen LogP contribution >= 0.6 is 0 Å². The molecule has 1 fully saturated rings. The first-order valence-electron chi connectivity index (χ1n) is 8.25. The lowest BCUT2D eigenvalue weighted by Gasteiger charge is -2.31. The minimum Gasteiger partial charge on any atom is -0.370 e. The van der Waals surface area contributed by atoms with E-state index in [1.54, 1.807) is 0 Å². The monoisotopic (exact) mass is 337 g/mol. The molecule has 1 aliphatic heterocycles. The Hall–Kier alpha value is -1.56. The predicted molar refractivity (Wildman–Crippen MR) is 95.0 cm³/mol. The molecule has 1 aliphatic rings. The molecule has 0 amide bonds. The zero-order valence-electron chi connectivity index (χ0n) is 13.8. The Morgan fingerprint density at radius 2 is 1.91 bits per heavy atom. The number of aliphatic imine (C=N–C) groups is 1. The van der Waals surface area contributed by atoms with Crippen molar-refractivity contribution in [3.63, 3.8) is 0 Å². The molecule has 23 heavy (non-hydrogen) atoms. The zero-order valence-corrected chi connectivity index (χ0v) is 14.6. The molecule has 1 aromatic carbocycles. The fourth-order valence-electron chi connectivity index (χ4n) is 2.72. The molecular weight excluding hydrogens is 310 g/mol. The minimum absolute atomic E-state index is 0.0943. The van der Waals surface area contributed by atoms with Crippen LogP contribution in [0.15, 0.2) is 35.3 Å². The Kier molecular flexibility index (Phi) is 6.45. The van der Waals surface area contributed by atoms with Gasteiger partial charge in [0.25, 0.3) is 0 Å². The highest BCUT2D eigenvalue weighted by atomic mass is 32.2. The van der Waals surface area contributed by atoms with E-state index < -0.39 is 9.84 Å². The van der Waals surface area contributed by atoms with Crippen molar-refractivity contribution >= 4 is 15.8 Å². The third-order valence-corrected chi connectivity index (χ3v) is 5.91. The van der Waals surface area contributed by atoms with Gasteiger partial charge in [-0.25, -0.2) is 8.42 Å². The van der Waals surface area contributed by atoms with E-state index in [4.69, 9.17) is 5.73 Å². The van der Waals surface area contributed by atoms with Gasteiger partial charge in [-0.1, -0.05) is 37.3 Å². The highest BCUT2D eigenvalue weighted by Gasteiger charge is 2.17. The zero-order chi connectivity index (χ0) is 16.7. The van der Waals surface area contributed by atoms with Crippen molar-refractivity contribution in [3.8, 4) is 0 Å². The number of hydrogen-bond donors (Lipinski definition) is 1. The maximum atomic E-state index is 12.1. The highest BCUT2D eigenvalue weighted by molar-refractivity contribution is 7.90. The summed E-state index contributed by atoms with van der Waals surface area (Å²) in [5.41, 5.74) is 6.83. The molecule has 0 saturated carbocycles. The molecule has 2 N–H and O–H groups in total. The van der Waals surface area contributed by atoms with Crippen LogP contribution in [-0.4, -0.2) is 44.7 Å². The van der Waals surface area contributed by atoms with Gasteiger partial charge in [0.15, 0.2) is 15.8 Å². The fraction of sp³-hybridized carbons (Fsp3) is 0.588. The van der Waals surface area contributed by atoms with Gasteiger partial charge < -0.3 is 10.6 Å². The first kappa shape index (κ1) is 17.8. The lowest BCUT2D eigenvalue weighted by Crippen LogP contribution is -2.42. The lowest BCUT2D eigenvalue weighted by molar-refractivity contribution is 0.277. The molecular formula is C17H27N3O2S. The first-order valence-corrected chi connectivity index (χ1v) is 10.1. The van der Waals surface area contributed by atoms with Crippen molar-refractivity contribution in [2.75, 3.05) is 25.4 Å². The topological polar surface area (TPSA) is 75.8 Å². The second-order valence-corrected chi connectivity index (χ2v) is 8.52. The molecule has 0 unspecified atom stereocenters. The van der Waals surface area contributed by atoms with Crippen LogP contribution in [0.3, 0.4) is 0 Å². The maximum Gasteiger partial charge on any atom is 0.191 e. The van der Waals surface area contributed by atoms with E-state index >= 15 is 0 Å². The van der Waals surface area contributed by atoms with Gasteiger partial charge in [-0.15, -0.1) is 0 Å². The third kappa shape index (κ3) is 6.22. The first-order chi connectivity index (χ1) is 11.0. The smallest absolute Gasteiger partial charge is 0.191 e. The van der Waals surface area contributed by atoms with Gasteiger partial charge in [-0.05, 0) is 30.7 Å². The largest absolute Gasteiger partial charge is 0.370 e. The molecule has 1 saturated heterocycles. The molecule has 0 bridgehead atoms. The quantitative estimate of drug-likeness (QED) is 0.490. The van der Waals surface area contributed by atoms with E-state index in [2.05, 4.69) is 16.8 Å². The van der Waals surface area contributed by atoms with Crippen LogP contribution in [0.5, 0.6) is 0 Å². The molecule has 0 atom stereocenters. The molecule has 0 radical (unpaired) electrons. The van der Waals surface area contributed by atoms with E-state index in [0.717, 1.165) is 37.4 Å². The Labute approximate surface area is 139 Å². The van der Waals surface area contributed by atoms with Crippen LogP contribution in [-0.2, 0) is 15.6 Å². The molecule has 128 valence electrons. The molecule has 0 spiro atoms. The molecule has 1 aromatic rings. The van der Waals surface area contributed by atoms with E-state index in [9.17, 15) is 8.42 Å². The molecule has 1 heterocycles. The maximum absolute atomic E-state index is 12.1.